The molecule has 4 aromatic rings. The molecular weight excluding hydrogens is 348 g/mol. The van der Waals surface area contributed by atoms with Crippen molar-refractivity contribution in [3.63, 3.8) is 0 Å². The van der Waals surface area contributed by atoms with Gasteiger partial charge in [0.15, 0.2) is 0 Å². The summed E-state index contributed by atoms with van der Waals surface area (Å²) in [5.41, 5.74) is 4.14. The maximum absolute atomic E-state index is 12.6. The molecule has 0 aliphatic carbocycles. The van der Waals surface area contributed by atoms with Crippen molar-refractivity contribution in [2.75, 3.05) is 7.05 Å². The van der Waals surface area contributed by atoms with E-state index in [9.17, 15) is 4.79 Å². The first-order valence-corrected chi connectivity index (χ1v) is 9.09. The van der Waals surface area contributed by atoms with Crippen molar-refractivity contribution in [2.45, 2.75) is 20.0 Å². The molecule has 0 saturated carbocycles. The second-order valence-corrected chi connectivity index (χ2v) is 7.22. The van der Waals surface area contributed by atoms with Gasteiger partial charge in [0.2, 0.25) is 0 Å². The van der Waals surface area contributed by atoms with Crippen molar-refractivity contribution in [3.8, 4) is 0 Å². The molecule has 1 N–H and O–H groups in total. The molecule has 0 aliphatic rings. The third-order valence-electron chi connectivity index (χ3n) is 4.13. The fourth-order valence-corrected chi connectivity index (χ4v) is 3.47. The smallest absolute Gasteiger partial charge is 0.274 e. The van der Waals surface area contributed by atoms with Gasteiger partial charge in [0, 0.05) is 12.4 Å². The molecular formula is C18H18N6OS. The van der Waals surface area contributed by atoms with Gasteiger partial charge in [-0.2, -0.15) is 5.10 Å². The minimum atomic E-state index is -0.131. The van der Waals surface area contributed by atoms with Crippen LogP contribution in [0.5, 0.6) is 0 Å². The molecule has 4 rings (SSSR count). The van der Waals surface area contributed by atoms with E-state index in [2.05, 4.69) is 20.2 Å². The van der Waals surface area contributed by atoms with Crippen molar-refractivity contribution >= 4 is 28.3 Å². The molecule has 7 nitrogen and oxygen atoms in total. The van der Waals surface area contributed by atoms with Crippen LogP contribution in [0, 0.1) is 6.92 Å². The minimum absolute atomic E-state index is 0.131. The van der Waals surface area contributed by atoms with Gasteiger partial charge in [-0.1, -0.05) is 12.1 Å². The molecule has 0 atom stereocenters. The highest BCUT2D eigenvalue weighted by atomic mass is 32.1. The van der Waals surface area contributed by atoms with Crippen molar-refractivity contribution in [3.05, 3.63) is 64.1 Å². The van der Waals surface area contributed by atoms with Gasteiger partial charge in [-0.15, -0.1) is 11.3 Å². The van der Waals surface area contributed by atoms with Crippen LogP contribution in [0.4, 0.5) is 0 Å². The summed E-state index contributed by atoms with van der Waals surface area (Å²) in [6.07, 6.45) is 1.80. The van der Waals surface area contributed by atoms with Gasteiger partial charge in [-0.25, -0.2) is 9.97 Å². The molecule has 0 unspecified atom stereocenters. The van der Waals surface area contributed by atoms with Gasteiger partial charge in [0.05, 0.1) is 46.8 Å². The topological polar surface area (TPSA) is 79.7 Å². The standard InChI is InChI=1S/C18H18N6OS/c1-12-20-14(10-26-12)8-23(2)18(25)16-7-13(21-22-16)9-24-11-19-15-5-3-4-6-17(15)24/h3-7,10-11H,8-9H2,1-2H3,(H,21,22). The van der Waals surface area contributed by atoms with Crippen molar-refractivity contribution in [2.24, 2.45) is 0 Å². The molecule has 0 saturated heterocycles. The van der Waals surface area contributed by atoms with E-state index in [1.165, 1.54) is 0 Å². The molecule has 8 heteroatoms. The van der Waals surface area contributed by atoms with Crippen LogP contribution < -0.4 is 0 Å². The lowest BCUT2D eigenvalue weighted by Gasteiger charge is -2.13. The zero-order valence-electron chi connectivity index (χ0n) is 14.5. The summed E-state index contributed by atoms with van der Waals surface area (Å²) in [5, 5.41) is 10.1. The van der Waals surface area contributed by atoms with Crippen LogP contribution in [0.15, 0.2) is 42.0 Å². The molecule has 132 valence electrons. The maximum Gasteiger partial charge on any atom is 0.274 e. The normalized spacial score (nSPS) is 11.2. The van der Waals surface area contributed by atoms with E-state index in [1.54, 1.807) is 35.7 Å². The zero-order chi connectivity index (χ0) is 18.1. The Bertz CT molecular complexity index is 1060. The lowest BCUT2D eigenvalue weighted by molar-refractivity contribution is 0.0777. The van der Waals surface area contributed by atoms with Crippen LogP contribution in [0.1, 0.15) is 26.9 Å². The number of thiazole rings is 1. The summed E-state index contributed by atoms with van der Waals surface area (Å²) < 4.78 is 2.03. The number of amides is 1. The second kappa shape index (κ2) is 6.72. The van der Waals surface area contributed by atoms with Gasteiger partial charge in [-0.3, -0.25) is 9.89 Å². The number of aryl methyl sites for hydroxylation is 1. The van der Waals surface area contributed by atoms with E-state index in [0.29, 0.717) is 18.8 Å². The highest BCUT2D eigenvalue weighted by Gasteiger charge is 2.17. The van der Waals surface area contributed by atoms with E-state index < -0.39 is 0 Å². The summed E-state index contributed by atoms with van der Waals surface area (Å²) in [7, 11) is 1.76. The van der Waals surface area contributed by atoms with Crippen LogP contribution in [-0.2, 0) is 13.1 Å². The maximum atomic E-state index is 12.6. The Morgan fingerprint density at radius 3 is 3.00 bits per heavy atom. The van der Waals surface area contributed by atoms with Crippen LogP contribution in [0.2, 0.25) is 0 Å². The fourth-order valence-electron chi connectivity index (χ4n) is 2.86. The quantitative estimate of drug-likeness (QED) is 0.589. The number of aromatic nitrogens is 5. The third kappa shape index (κ3) is 3.23. The summed E-state index contributed by atoms with van der Waals surface area (Å²) in [6.45, 7) is 3.00. The van der Waals surface area contributed by atoms with E-state index >= 15 is 0 Å². The number of para-hydroxylation sites is 2. The van der Waals surface area contributed by atoms with Gasteiger partial charge in [0.25, 0.3) is 5.91 Å². The Labute approximate surface area is 154 Å². The molecule has 0 bridgehead atoms. The number of hydrogen-bond donors (Lipinski definition) is 1. The number of nitrogens with one attached hydrogen (secondary N) is 1. The van der Waals surface area contributed by atoms with E-state index in [0.717, 1.165) is 27.4 Å². The average molecular weight is 366 g/mol. The van der Waals surface area contributed by atoms with Crippen molar-refractivity contribution in [1.82, 2.24) is 29.6 Å². The molecule has 0 aliphatic heterocycles. The number of aromatic amines is 1. The number of nitrogens with zero attached hydrogens (tertiary/aromatic N) is 5. The van der Waals surface area contributed by atoms with Crippen LogP contribution >= 0.6 is 11.3 Å². The predicted octanol–water partition coefficient (Wildman–Crippen LogP) is 2.84. The molecule has 0 radical (unpaired) electrons. The Hall–Kier alpha value is -3.00. The second-order valence-electron chi connectivity index (χ2n) is 6.16. The summed E-state index contributed by atoms with van der Waals surface area (Å²) in [5.74, 6) is -0.131. The Kier molecular flexibility index (Phi) is 4.26. The lowest BCUT2D eigenvalue weighted by atomic mass is 10.3. The summed E-state index contributed by atoms with van der Waals surface area (Å²) in [4.78, 5) is 23.0. The van der Waals surface area contributed by atoms with E-state index in [-0.39, 0.29) is 5.91 Å². The highest BCUT2D eigenvalue weighted by molar-refractivity contribution is 7.09. The molecule has 3 heterocycles. The number of imidazole rings is 1. The Balaban J connectivity index is 1.47. The number of carbonyl (C=O) groups excluding carboxylic acids is 1. The average Bonchev–Trinajstić information content (AvgIpc) is 3.36. The minimum Gasteiger partial charge on any atom is -0.334 e. The first-order chi connectivity index (χ1) is 12.6. The zero-order valence-corrected chi connectivity index (χ0v) is 15.3. The first-order valence-electron chi connectivity index (χ1n) is 8.21. The number of fused-ring (bicyclic) bond motifs is 1. The molecule has 0 fully saturated rings. The van der Waals surface area contributed by atoms with E-state index in [4.69, 9.17) is 0 Å². The number of H-pyrrole nitrogens is 1. The third-order valence-corrected chi connectivity index (χ3v) is 4.95. The fraction of sp³-hybridized carbons (Fsp3) is 0.222. The van der Waals surface area contributed by atoms with Gasteiger partial charge < -0.3 is 9.47 Å². The Morgan fingerprint density at radius 2 is 2.19 bits per heavy atom. The largest absolute Gasteiger partial charge is 0.334 e. The molecule has 1 amide bonds. The lowest BCUT2D eigenvalue weighted by Crippen LogP contribution is -2.26. The predicted molar refractivity (Wildman–Crippen MR) is 100 cm³/mol. The molecule has 3 aromatic heterocycles. The monoisotopic (exact) mass is 366 g/mol. The van der Waals surface area contributed by atoms with Gasteiger partial charge in [-0.05, 0) is 25.1 Å². The molecule has 26 heavy (non-hydrogen) atoms. The molecule has 0 spiro atoms. The van der Waals surface area contributed by atoms with E-state index in [1.807, 2.05) is 41.1 Å². The van der Waals surface area contributed by atoms with Crippen molar-refractivity contribution < 1.29 is 4.79 Å². The van der Waals surface area contributed by atoms with Crippen molar-refractivity contribution in [1.29, 1.82) is 0 Å². The van der Waals surface area contributed by atoms with Gasteiger partial charge >= 0.3 is 0 Å². The van der Waals surface area contributed by atoms with Gasteiger partial charge in [0.1, 0.15) is 5.69 Å². The number of carbonyl (C=O) groups is 1. The SMILES string of the molecule is Cc1nc(CN(C)C(=O)c2cc(Cn3cnc4ccccc43)[nH]n2)cs1. The van der Waals surface area contributed by atoms with Crippen LogP contribution in [0.25, 0.3) is 11.0 Å². The number of benzene rings is 1. The highest BCUT2D eigenvalue weighted by Crippen LogP contribution is 2.15. The Morgan fingerprint density at radius 1 is 1.35 bits per heavy atom. The van der Waals surface area contributed by atoms with Crippen LogP contribution in [-0.4, -0.2) is 42.6 Å². The summed E-state index contributed by atoms with van der Waals surface area (Å²) >= 11 is 1.58. The first kappa shape index (κ1) is 16.5. The molecule has 1 aromatic carbocycles. The number of rotatable bonds is 5. The number of hydrogen-bond acceptors (Lipinski definition) is 5. The summed E-state index contributed by atoms with van der Waals surface area (Å²) in [6, 6.07) is 9.74. The van der Waals surface area contributed by atoms with Crippen LogP contribution in [0.3, 0.4) is 0 Å².